The van der Waals surface area contributed by atoms with Gasteiger partial charge < -0.3 is 4.42 Å². The van der Waals surface area contributed by atoms with Gasteiger partial charge in [0.1, 0.15) is 0 Å². The Morgan fingerprint density at radius 2 is 2.09 bits per heavy atom. The van der Waals surface area contributed by atoms with E-state index in [-0.39, 0.29) is 17.4 Å². The minimum absolute atomic E-state index is 0.0937. The Kier molecular flexibility index (Phi) is 5.03. The summed E-state index contributed by atoms with van der Waals surface area (Å²) in [7, 11) is -2.87. The van der Waals surface area contributed by atoms with E-state index < -0.39 is 9.84 Å². The third-order valence-electron chi connectivity index (χ3n) is 3.51. The van der Waals surface area contributed by atoms with E-state index in [1.807, 2.05) is 30.3 Å². The SMILES string of the molecule is O=S1(=O)CC[C@H](Cc2nnc(SCC#Cc3ccccc3)o2)C1. The minimum Gasteiger partial charge on any atom is -0.416 e. The molecule has 5 nitrogen and oxygen atoms in total. The van der Waals surface area contributed by atoms with Crippen molar-refractivity contribution >= 4 is 21.6 Å². The van der Waals surface area contributed by atoms with Gasteiger partial charge in [-0.1, -0.05) is 41.8 Å². The van der Waals surface area contributed by atoms with E-state index in [1.165, 1.54) is 11.8 Å². The summed E-state index contributed by atoms with van der Waals surface area (Å²) in [5.41, 5.74) is 0.974. The van der Waals surface area contributed by atoms with Gasteiger partial charge in [-0.3, -0.25) is 0 Å². The first-order valence-electron chi connectivity index (χ1n) is 7.30. The molecular weight excluding hydrogens is 332 g/mol. The van der Waals surface area contributed by atoms with Gasteiger partial charge in [0.25, 0.3) is 5.22 Å². The van der Waals surface area contributed by atoms with E-state index in [0.29, 0.717) is 29.7 Å². The maximum atomic E-state index is 11.4. The minimum atomic E-state index is -2.87. The van der Waals surface area contributed by atoms with Gasteiger partial charge in [-0.25, -0.2) is 8.42 Å². The molecule has 0 bridgehead atoms. The van der Waals surface area contributed by atoms with Crippen LogP contribution in [0.1, 0.15) is 17.9 Å². The van der Waals surface area contributed by atoms with Gasteiger partial charge in [-0.2, -0.15) is 0 Å². The number of hydrogen-bond donors (Lipinski definition) is 0. The number of aromatic nitrogens is 2. The molecule has 7 heteroatoms. The largest absolute Gasteiger partial charge is 0.416 e. The highest BCUT2D eigenvalue weighted by Gasteiger charge is 2.29. The molecule has 0 spiro atoms. The van der Waals surface area contributed by atoms with Crippen LogP contribution < -0.4 is 0 Å². The Balaban J connectivity index is 1.49. The standard InChI is InChI=1S/C16H16N2O3S2/c19-23(20)10-8-14(12-23)11-15-17-18-16(21-15)22-9-4-7-13-5-2-1-3-6-13/h1-3,5-6,14H,8-12H2/t14-/m1/s1. The van der Waals surface area contributed by atoms with Crippen LogP contribution in [-0.2, 0) is 16.3 Å². The second kappa shape index (κ2) is 7.20. The topological polar surface area (TPSA) is 73.1 Å². The Bertz CT molecular complexity index is 820. The van der Waals surface area contributed by atoms with Crippen LogP contribution in [-0.4, -0.2) is 35.9 Å². The van der Waals surface area contributed by atoms with Crippen LogP contribution >= 0.6 is 11.8 Å². The molecular formula is C16H16N2O3S2. The van der Waals surface area contributed by atoms with Gasteiger partial charge in [-0.15, -0.1) is 10.2 Å². The monoisotopic (exact) mass is 348 g/mol. The molecule has 2 heterocycles. The van der Waals surface area contributed by atoms with Crippen LogP contribution in [0.25, 0.3) is 0 Å². The van der Waals surface area contributed by atoms with Gasteiger partial charge in [0.15, 0.2) is 9.84 Å². The normalized spacial score (nSPS) is 19.2. The first-order valence-corrected chi connectivity index (χ1v) is 10.1. The van der Waals surface area contributed by atoms with Crippen LogP contribution in [0.5, 0.6) is 0 Å². The van der Waals surface area contributed by atoms with Crippen LogP contribution in [0.4, 0.5) is 0 Å². The number of rotatable bonds is 4. The molecule has 0 N–H and O–H groups in total. The smallest absolute Gasteiger partial charge is 0.277 e. The summed E-state index contributed by atoms with van der Waals surface area (Å²) >= 11 is 1.39. The lowest BCUT2D eigenvalue weighted by molar-refractivity contribution is 0.389. The van der Waals surface area contributed by atoms with E-state index in [1.54, 1.807) is 0 Å². The molecule has 1 saturated heterocycles. The fourth-order valence-corrected chi connectivity index (χ4v) is 4.80. The number of sulfone groups is 1. The van der Waals surface area contributed by atoms with Crippen molar-refractivity contribution in [2.75, 3.05) is 17.3 Å². The average Bonchev–Trinajstić information content (AvgIpc) is 3.11. The van der Waals surface area contributed by atoms with Crippen LogP contribution in [0, 0.1) is 17.8 Å². The summed E-state index contributed by atoms with van der Waals surface area (Å²) in [5.74, 6) is 7.76. The highest BCUT2D eigenvalue weighted by molar-refractivity contribution is 7.99. The molecule has 1 fully saturated rings. The molecule has 1 aromatic heterocycles. The van der Waals surface area contributed by atoms with E-state index in [0.717, 1.165) is 5.56 Å². The van der Waals surface area contributed by atoms with E-state index in [4.69, 9.17) is 4.42 Å². The first kappa shape index (κ1) is 16.1. The summed E-state index contributed by atoms with van der Waals surface area (Å²) < 4.78 is 28.4. The number of nitrogens with zero attached hydrogens (tertiary/aromatic N) is 2. The van der Waals surface area contributed by atoms with Crippen molar-refractivity contribution < 1.29 is 12.8 Å². The molecule has 0 aliphatic carbocycles. The molecule has 0 amide bonds. The summed E-state index contributed by atoms with van der Waals surface area (Å²) in [6.45, 7) is 0. The molecule has 1 aromatic carbocycles. The summed E-state index contributed by atoms with van der Waals surface area (Å²) in [6.07, 6.45) is 1.21. The van der Waals surface area contributed by atoms with Crippen molar-refractivity contribution in [1.29, 1.82) is 0 Å². The van der Waals surface area contributed by atoms with Crippen LogP contribution in [0.15, 0.2) is 40.0 Å². The predicted octanol–water partition coefficient (Wildman–Crippen LogP) is 2.19. The molecule has 1 aliphatic rings. The highest BCUT2D eigenvalue weighted by atomic mass is 32.2. The van der Waals surface area contributed by atoms with Gasteiger partial charge in [0, 0.05) is 12.0 Å². The van der Waals surface area contributed by atoms with Crippen LogP contribution in [0.3, 0.4) is 0 Å². The Hall–Kier alpha value is -1.78. The third kappa shape index (κ3) is 4.85. The first-order chi connectivity index (χ1) is 11.1. The quantitative estimate of drug-likeness (QED) is 0.623. The van der Waals surface area contributed by atoms with Crippen molar-refractivity contribution in [3.63, 3.8) is 0 Å². The molecule has 1 atom stereocenters. The zero-order valence-electron chi connectivity index (χ0n) is 12.4. The van der Waals surface area contributed by atoms with E-state index >= 15 is 0 Å². The maximum Gasteiger partial charge on any atom is 0.277 e. The van der Waals surface area contributed by atoms with Crippen LogP contribution in [0.2, 0.25) is 0 Å². The maximum absolute atomic E-state index is 11.4. The molecule has 2 aromatic rings. The third-order valence-corrected chi connectivity index (χ3v) is 6.05. The van der Waals surface area contributed by atoms with Crippen molar-refractivity contribution in [3.8, 4) is 11.8 Å². The van der Waals surface area contributed by atoms with E-state index in [9.17, 15) is 8.42 Å². The van der Waals surface area contributed by atoms with Gasteiger partial charge >= 0.3 is 0 Å². The summed E-state index contributed by atoms with van der Waals surface area (Å²) in [6, 6.07) is 9.76. The van der Waals surface area contributed by atoms with Crippen molar-refractivity contribution in [2.45, 2.75) is 18.1 Å². The molecule has 23 heavy (non-hydrogen) atoms. The fraction of sp³-hybridized carbons (Fsp3) is 0.375. The second-order valence-corrected chi connectivity index (χ2v) is 8.55. The van der Waals surface area contributed by atoms with Gasteiger partial charge in [0.05, 0.1) is 17.3 Å². The Labute approximate surface area is 139 Å². The Morgan fingerprint density at radius 3 is 2.83 bits per heavy atom. The summed E-state index contributed by atoms with van der Waals surface area (Å²) in [4.78, 5) is 0. The predicted molar refractivity (Wildman–Crippen MR) is 88.8 cm³/mol. The van der Waals surface area contributed by atoms with Crippen molar-refractivity contribution in [2.24, 2.45) is 5.92 Å². The number of benzene rings is 1. The molecule has 120 valence electrons. The molecule has 3 rings (SSSR count). The number of thioether (sulfide) groups is 1. The summed E-state index contributed by atoms with van der Waals surface area (Å²) in [5, 5.41) is 8.43. The zero-order chi connectivity index (χ0) is 16.1. The number of hydrogen-bond acceptors (Lipinski definition) is 6. The van der Waals surface area contributed by atoms with Crippen molar-refractivity contribution in [1.82, 2.24) is 10.2 Å². The molecule has 0 radical (unpaired) electrons. The molecule has 0 unspecified atom stereocenters. The zero-order valence-corrected chi connectivity index (χ0v) is 14.1. The highest BCUT2D eigenvalue weighted by Crippen LogP contribution is 2.23. The lowest BCUT2D eigenvalue weighted by atomic mass is 10.1. The lowest BCUT2D eigenvalue weighted by Gasteiger charge is -2.01. The van der Waals surface area contributed by atoms with Crippen molar-refractivity contribution in [3.05, 3.63) is 41.8 Å². The Morgan fingerprint density at radius 1 is 1.26 bits per heavy atom. The average molecular weight is 348 g/mol. The second-order valence-electron chi connectivity index (χ2n) is 5.39. The van der Waals surface area contributed by atoms with Gasteiger partial charge in [0.2, 0.25) is 5.89 Å². The molecule has 0 saturated carbocycles. The van der Waals surface area contributed by atoms with E-state index in [2.05, 4.69) is 22.0 Å². The molecule has 1 aliphatic heterocycles. The fourth-order valence-electron chi connectivity index (χ4n) is 2.42. The van der Waals surface area contributed by atoms with Gasteiger partial charge in [-0.05, 0) is 24.5 Å². The lowest BCUT2D eigenvalue weighted by Crippen LogP contribution is -2.07.